The van der Waals surface area contributed by atoms with Gasteiger partial charge in [-0.05, 0) is 29.8 Å². The Kier molecular flexibility index (Phi) is 7.61. The topological polar surface area (TPSA) is 109 Å². The number of amides is 1. The molecule has 30 heavy (non-hydrogen) atoms. The van der Waals surface area contributed by atoms with Gasteiger partial charge in [0.05, 0.1) is 16.1 Å². The lowest BCUT2D eigenvalue weighted by atomic mass is 10.1. The molecule has 4 N–H and O–H groups in total. The fourth-order valence-corrected chi connectivity index (χ4v) is 2.25. The summed E-state index contributed by atoms with van der Waals surface area (Å²) in [6.45, 7) is -0.277. The van der Waals surface area contributed by atoms with E-state index in [0.717, 1.165) is 16.7 Å². The van der Waals surface area contributed by atoms with Crippen LogP contribution in [0.25, 0.3) is 0 Å². The SMILES string of the molecule is N=c1c(C(N)=O)cc(Cl)cn1Cc1cc(F)cc(C(F)(F)F)c1.O=C(O)C(F)(F)F. The quantitative estimate of drug-likeness (QED) is 0.608. The van der Waals surface area contributed by atoms with Crippen molar-refractivity contribution in [3.63, 3.8) is 0 Å². The number of alkyl halides is 6. The monoisotopic (exact) mass is 461 g/mol. The van der Waals surface area contributed by atoms with E-state index in [9.17, 15) is 35.5 Å². The van der Waals surface area contributed by atoms with E-state index in [1.54, 1.807) is 0 Å². The van der Waals surface area contributed by atoms with Crippen molar-refractivity contribution in [2.75, 3.05) is 0 Å². The first kappa shape index (κ1) is 24.9. The maximum Gasteiger partial charge on any atom is 0.490 e. The van der Waals surface area contributed by atoms with Gasteiger partial charge in [-0.25, -0.2) is 9.18 Å². The van der Waals surface area contributed by atoms with Gasteiger partial charge in [-0.3, -0.25) is 10.2 Å². The van der Waals surface area contributed by atoms with Crippen molar-refractivity contribution >= 4 is 23.5 Å². The van der Waals surface area contributed by atoms with Crippen LogP contribution >= 0.6 is 11.6 Å². The molecule has 0 aliphatic heterocycles. The maximum absolute atomic E-state index is 13.4. The van der Waals surface area contributed by atoms with E-state index in [-0.39, 0.29) is 28.2 Å². The minimum atomic E-state index is -5.08. The Morgan fingerprint density at radius 2 is 1.63 bits per heavy atom. The first-order chi connectivity index (χ1) is 13.5. The van der Waals surface area contributed by atoms with Crippen LogP contribution in [0.1, 0.15) is 21.5 Å². The Morgan fingerprint density at radius 3 is 2.07 bits per heavy atom. The number of aromatic nitrogens is 1. The molecule has 0 atom stereocenters. The number of nitrogens with zero attached hydrogens (tertiary/aromatic N) is 1. The van der Waals surface area contributed by atoms with Gasteiger partial charge >= 0.3 is 18.3 Å². The van der Waals surface area contributed by atoms with Crippen LogP contribution in [0.2, 0.25) is 5.02 Å². The maximum atomic E-state index is 13.4. The van der Waals surface area contributed by atoms with Gasteiger partial charge in [0.25, 0.3) is 5.91 Å². The highest BCUT2D eigenvalue weighted by Gasteiger charge is 2.38. The first-order valence-electron chi connectivity index (χ1n) is 7.43. The number of pyridine rings is 1. The molecule has 2 aromatic rings. The molecule has 0 unspecified atom stereocenters. The molecule has 164 valence electrons. The number of rotatable bonds is 3. The summed E-state index contributed by atoms with van der Waals surface area (Å²) in [6.07, 6.45) is -8.54. The Morgan fingerprint density at radius 1 is 1.10 bits per heavy atom. The molecule has 2 rings (SSSR count). The first-order valence-corrected chi connectivity index (χ1v) is 7.81. The number of benzene rings is 1. The number of carboxylic acid groups (broad SMARTS) is 1. The van der Waals surface area contributed by atoms with Gasteiger partial charge in [-0.15, -0.1) is 0 Å². The standard InChI is InChI=1S/C14H10ClF4N3O.C2HF3O2/c15-9-4-11(13(21)23)12(20)22(6-9)5-7-1-8(14(17,18)19)3-10(16)2-7;3-2(4,5)1(6)7/h1-4,6,20H,5H2,(H2,21,23);(H,6,7). The second kappa shape index (κ2) is 9.15. The van der Waals surface area contributed by atoms with Crippen LogP contribution < -0.4 is 11.2 Å². The number of halogens is 8. The fraction of sp³-hybridized carbons (Fsp3) is 0.188. The Labute approximate surface area is 167 Å². The molecule has 0 bridgehead atoms. The van der Waals surface area contributed by atoms with Crippen LogP contribution in [0.4, 0.5) is 30.7 Å². The van der Waals surface area contributed by atoms with Crippen LogP contribution in [-0.4, -0.2) is 27.7 Å². The molecule has 1 aromatic heterocycles. The average Bonchev–Trinajstić information content (AvgIpc) is 2.56. The van der Waals surface area contributed by atoms with Gasteiger partial charge in [-0.1, -0.05) is 11.6 Å². The zero-order valence-corrected chi connectivity index (χ0v) is 15.2. The van der Waals surface area contributed by atoms with Gasteiger partial charge in [0, 0.05) is 12.7 Å². The number of hydrogen-bond donors (Lipinski definition) is 3. The second-order valence-electron chi connectivity index (χ2n) is 5.56. The molecule has 1 amide bonds. The molecule has 0 aliphatic rings. The lowest BCUT2D eigenvalue weighted by Gasteiger charge is -2.12. The molecule has 0 saturated carbocycles. The number of aliphatic carboxylic acids is 1. The number of carboxylic acids is 1. The smallest absolute Gasteiger partial charge is 0.475 e. The molecule has 1 heterocycles. The molecule has 1 aromatic carbocycles. The summed E-state index contributed by atoms with van der Waals surface area (Å²) >= 11 is 5.80. The summed E-state index contributed by atoms with van der Waals surface area (Å²) in [4.78, 5) is 20.1. The zero-order valence-electron chi connectivity index (χ0n) is 14.4. The van der Waals surface area contributed by atoms with E-state index >= 15 is 0 Å². The second-order valence-corrected chi connectivity index (χ2v) is 6.00. The number of carbonyl (C=O) groups excluding carboxylic acids is 1. The minimum absolute atomic E-state index is 0.0338. The summed E-state index contributed by atoms with van der Waals surface area (Å²) < 4.78 is 84.4. The van der Waals surface area contributed by atoms with Crippen molar-refractivity contribution in [2.24, 2.45) is 5.73 Å². The fourth-order valence-electron chi connectivity index (χ4n) is 2.03. The van der Waals surface area contributed by atoms with E-state index in [4.69, 9.17) is 32.6 Å². The van der Waals surface area contributed by atoms with Gasteiger partial charge in [0.2, 0.25) is 0 Å². The molecular formula is C16H11ClF7N3O3. The molecule has 0 radical (unpaired) electrons. The van der Waals surface area contributed by atoms with Gasteiger partial charge < -0.3 is 15.4 Å². The third kappa shape index (κ3) is 7.06. The number of hydrogen-bond acceptors (Lipinski definition) is 3. The van der Waals surface area contributed by atoms with Crippen LogP contribution in [-0.2, 0) is 17.5 Å². The predicted molar refractivity (Wildman–Crippen MR) is 88.0 cm³/mol. The third-order valence-corrected chi connectivity index (χ3v) is 3.46. The minimum Gasteiger partial charge on any atom is -0.475 e. The van der Waals surface area contributed by atoms with E-state index in [1.165, 1.54) is 12.3 Å². The number of nitrogens with one attached hydrogen (secondary N) is 1. The molecule has 0 spiro atoms. The summed E-state index contributed by atoms with van der Waals surface area (Å²) in [5.41, 5.74) is 3.41. The summed E-state index contributed by atoms with van der Waals surface area (Å²) in [7, 11) is 0. The highest BCUT2D eigenvalue weighted by atomic mass is 35.5. The summed E-state index contributed by atoms with van der Waals surface area (Å²) in [6, 6.07) is 3.23. The van der Waals surface area contributed by atoms with E-state index in [0.29, 0.717) is 6.07 Å². The Hall–Kier alpha value is -3.09. The zero-order chi connectivity index (χ0) is 23.4. The average molecular weight is 462 g/mol. The predicted octanol–water partition coefficient (Wildman–Crippen LogP) is 3.56. The molecule has 14 heteroatoms. The van der Waals surface area contributed by atoms with Gasteiger partial charge in [0.1, 0.15) is 11.3 Å². The highest BCUT2D eigenvalue weighted by molar-refractivity contribution is 6.30. The van der Waals surface area contributed by atoms with E-state index in [2.05, 4.69) is 0 Å². The molecule has 6 nitrogen and oxygen atoms in total. The number of primary amides is 1. The normalized spacial score (nSPS) is 11.5. The van der Waals surface area contributed by atoms with Crippen LogP contribution in [0.5, 0.6) is 0 Å². The van der Waals surface area contributed by atoms with E-state index < -0.39 is 35.6 Å². The van der Waals surface area contributed by atoms with Crippen molar-refractivity contribution < 1.29 is 45.4 Å². The van der Waals surface area contributed by atoms with E-state index in [1.807, 2.05) is 0 Å². The molecule has 0 fully saturated rings. The van der Waals surface area contributed by atoms with Crippen molar-refractivity contribution in [2.45, 2.75) is 18.9 Å². The lowest BCUT2D eigenvalue weighted by Crippen LogP contribution is -2.29. The highest BCUT2D eigenvalue weighted by Crippen LogP contribution is 2.30. The summed E-state index contributed by atoms with van der Waals surface area (Å²) in [5, 5.41) is 15.0. The Balaban J connectivity index is 0.000000553. The van der Waals surface area contributed by atoms with Crippen molar-refractivity contribution in [1.29, 1.82) is 5.41 Å². The van der Waals surface area contributed by atoms with Gasteiger partial charge in [0.15, 0.2) is 0 Å². The van der Waals surface area contributed by atoms with Crippen LogP contribution in [0, 0.1) is 11.2 Å². The number of nitrogens with two attached hydrogens (primary N) is 1. The van der Waals surface area contributed by atoms with Crippen LogP contribution in [0.15, 0.2) is 30.5 Å². The molecule has 0 saturated heterocycles. The van der Waals surface area contributed by atoms with Crippen LogP contribution in [0.3, 0.4) is 0 Å². The van der Waals surface area contributed by atoms with Gasteiger partial charge in [-0.2, -0.15) is 26.3 Å². The van der Waals surface area contributed by atoms with Crippen molar-refractivity contribution in [1.82, 2.24) is 4.57 Å². The molecule has 0 aliphatic carbocycles. The van der Waals surface area contributed by atoms with Crippen molar-refractivity contribution in [3.05, 3.63) is 63.5 Å². The van der Waals surface area contributed by atoms with Crippen molar-refractivity contribution in [3.8, 4) is 0 Å². The third-order valence-electron chi connectivity index (χ3n) is 3.25. The molecular weight excluding hydrogens is 451 g/mol. The Bertz CT molecular complexity index is 1020. The summed E-state index contributed by atoms with van der Waals surface area (Å²) in [5.74, 6) is -4.71. The number of carbonyl (C=O) groups is 2. The largest absolute Gasteiger partial charge is 0.490 e. The lowest BCUT2D eigenvalue weighted by molar-refractivity contribution is -0.192.